The number of hydrogen-bond acceptors (Lipinski definition) is 3. The first-order valence-electron chi connectivity index (χ1n) is 6.24. The number of carbonyl (C=O) groups excluding carboxylic acids is 2. The molecular formula is C14H19ClN2O2. The van der Waals surface area contributed by atoms with E-state index in [0.29, 0.717) is 23.6 Å². The maximum atomic E-state index is 12.2. The number of nitrogens with one attached hydrogen (secondary N) is 1. The lowest BCUT2D eigenvalue weighted by Gasteiger charge is -2.16. The van der Waals surface area contributed by atoms with Gasteiger partial charge in [0.1, 0.15) is 0 Å². The van der Waals surface area contributed by atoms with Crippen LogP contribution in [0.3, 0.4) is 0 Å². The van der Waals surface area contributed by atoms with Gasteiger partial charge in [0.25, 0.3) is 5.91 Å². The number of ketones is 1. The fourth-order valence-corrected chi connectivity index (χ4v) is 2.10. The van der Waals surface area contributed by atoms with Gasteiger partial charge in [0, 0.05) is 18.2 Å². The predicted octanol–water partition coefficient (Wildman–Crippen LogP) is 1.78. The molecule has 1 aliphatic rings. The maximum Gasteiger partial charge on any atom is 0.252 e. The van der Waals surface area contributed by atoms with E-state index >= 15 is 0 Å². The van der Waals surface area contributed by atoms with Crippen LogP contribution >= 0.6 is 12.4 Å². The summed E-state index contributed by atoms with van der Waals surface area (Å²) in [5.74, 6) is 0.197. The predicted molar refractivity (Wildman–Crippen MR) is 76.7 cm³/mol. The van der Waals surface area contributed by atoms with Gasteiger partial charge < -0.3 is 11.1 Å². The average molecular weight is 283 g/mol. The van der Waals surface area contributed by atoms with Crippen LogP contribution in [-0.2, 0) is 0 Å². The Hall–Kier alpha value is -1.39. The number of halogens is 1. The Morgan fingerprint density at radius 3 is 2.37 bits per heavy atom. The third kappa shape index (κ3) is 3.78. The quantitative estimate of drug-likeness (QED) is 0.809. The molecule has 2 rings (SSSR count). The molecule has 0 radical (unpaired) electrons. The molecular weight excluding hydrogens is 264 g/mol. The molecule has 1 fully saturated rings. The molecule has 1 unspecified atom stereocenters. The fraction of sp³-hybridized carbons (Fsp3) is 0.429. The van der Waals surface area contributed by atoms with Crippen molar-refractivity contribution >= 4 is 24.1 Å². The summed E-state index contributed by atoms with van der Waals surface area (Å²) < 4.78 is 0. The van der Waals surface area contributed by atoms with Crippen LogP contribution in [0.5, 0.6) is 0 Å². The molecule has 0 bridgehead atoms. The van der Waals surface area contributed by atoms with Gasteiger partial charge in [-0.1, -0.05) is 18.2 Å². The second-order valence-corrected chi connectivity index (χ2v) is 4.75. The SMILES string of the molecule is CC(=O)c1ccccc1C(=O)NC(CN)C1CC1.Cl. The number of hydrogen-bond donors (Lipinski definition) is 2. The van der Waals surface area contributed by atoms with Crippen molar-refractivity contribution in [2.45, 2.75) is 25.8 Å². The number of Topliss-reactive ketones (excluding diaryl/α,β-unsaturated/α-hetero) is 1. The molecule has 0 aliphatic heterocycles. The molecule has 19 heavy (non-hydrogen) atoms. The lowest BCUT2D eigenvalue weighted by Crippen LogP contribution is -2.42. The molecule has 4 nitrogen and oxygen atoms in total. The van der Waals surface area contributed by atoms with Gasteiger partial charge in [-0.2, -0.15) is 0 Å². The monoisotopic (exact) mass is 282 g/mol. The first-order chi connectivity index (χ1) is 8.63. The van der Waals surface area contributed by atoms with Crippen molar-refractivity contribution < 1.29 is 9.59 Å². The minimum atomic E-state index is -0.205. The molecule has 1 amide bonds. The fourth-order valence-electron chi connectivity index (χ4n) is 2.10. The molecule has 1 saturated carbocycles. The van der Waals surface area contributed by atoms with Crippen molar-refractivity contribution in [1.82, 2.24) is 5.32 Å². The van der Waals surface area contributed by atoms with Crippen LogP contribution in [0.4, 0.5) is 0 Å². The molecule has 0 spiro atoms. The molecule has 1 aliphatic carbocycles. The van der Waals surface area contributed by atoms with Crippen LogP contribution in [0.2, 0.25) is 0 Å². The van der Waals surface area contributed by atoms with Gasteiger partial charge in [0.15, 0.2) is 5.78 Å². The van der Waals surface area contributed by atoms with Gasteiger partial charge in [-0.05, 0) is 31.7 Å². The first kappa shape index (κ1) is 15.7. The lowest BCUT2D eigenvalue weighted by atomic mass is 10.0. The largest absolute Gasteiger partial charge is 0.348 e. The smallest absolute Gasteiger partial charge is 0.252 e. The van der Waals surface area contributed by atoms with E-state index in [-0.39, 0.29) is 30.1 Å². The Morgan fingerprint density at radius 2 is 1.89 bits per heavy atom. The summed E-state index contributed by atoms with van der Waals surface area (Å²) in [5.41, 5.74) is 6.55. The Morgan fingerprint density at radius 1 is 1.32 bits per heavy atom. The molecule has 1 atom stereocenters. The van der Waals surface area contributed by atoms with Crippen molar-refractivity contribution in [2.24, 2.45) is 11.7 Å². The van der Waals surface area contributed by atoms with Gasteiger partial charge in [0.2, 0.25) is 0 Å². The van der Waals surface area contributed by atoms with Crippen LogP contribution in [0, 0.1) is 5.92 Å². The molecule has 104 valence electrons. The molecule has 0 heterocycles. The standard InChI is InChI=1S/C14H18N2O2.ClH/c1-9(17)11-4-2-3-5-12(11)14(18)16-13(8-15)10-6-7-10;/h2-5,10,13H,6-8,15H2,1H3,(H,16,18);1H. The summed E-state index contributed by atoms with van der Waals surface area (Å²) in [7, 11) is 0. The number of benzene rings is 1. The van der Waals surface area contributed by atoms with E-state index in [1.165, 1.54) is 6.92 Å². The van der Waals surface area contributed by atoms with Gasteiger partial charge in [-0.15, -0.1) is 12.4 Å². The van der Waals surface area contributed by atoms with Crippen molar-refractivity contribution in [3.05, 3.63) is 35.4 Å². The normalized spacial score (nSPS) is 15.3. The highest BCUT2D eigenvalue weighted by Crippen LogP contribution is 2.32. The topological polar surface area (TPSA) is 72.2 Å². The summed E-state index contributed by atoms with van der Waals surface area (Å²) >= 11 is 0. The minimum Gasteiger partial charge on any atom is -0.348 e. The number of rotatable bonds is 5. The third-order valence-corrected chi connectivity index (χ3v) is 3.31. The van der Waals surface area contributed by atoms with Crippen molar-refractivity contribution in [3.63, 3.8) is 0 Å². The van der Waals surface area contributed by atoms with Crippen molar-refractivity contribution in [3.8, 4) is 0 Å². The molecule has 3 N–H and O–H groups in total. The number of nitrogens with two attached hydrogens (primary N) is 1. The summed E-state index contributed by atoms with van der Waals surface area (Å²) in [6.07, 6.45) is 2.24. The van der Waals surface area contributed by atoms with Crippen LogP contribution in [0.25, 0.3) is 0 Å². The van der Waals surface area contributed by atoms with Crippen LogP contribution in [-0.4, -0.2) is 24.3 Å². The Labute approximate surface area is 119 Å². The molecule has 0 saturated heterocycles. The molecule has 1 aromatic rings. The van der Waals surface area contributed by atoms with E-state index in [1.54, 1.807) is 24.3 Å². The van der Waals surface area contributed by atoms with Gasteiger partial charge in [-0.25, -0.2) is 0 Å². The Bertz CT molecular complexity index is 472. The van der Waals surface area contributed by atoms with Gasteiger partial charge in [-0.3, -0.25) is 9.59 Å². The molecule has 5 heteroatoms. The summed E-state index contributed by atoms with van der Waals surface area (Å²) in [6, 6.07) is 6.89. The number of carbonyl (C=O) groups is 2. The zero-order chi connectivity index (χ0) is 13.1. The third-order valence-electron chi connectivity index (χ3n) is 3.31. The first-order valence-corrected chi connectivity index (χ1v) is 6.24. The lowest BCUT2D eigenvalue weighted by molar-refractivity contribution is 0.0921. The van der Waals surface area contributed by atoms with E-state index < -0.39 is 0 Å². The van der Waals surface area contributed by atoms with E-state index in [9.17, 15) is 9.59 Å². The van der Waals surface area contributed by atoms with Crippen LogP contribution < -0.4 is 11.1 Å². The van der Waals surface area contributed by atoms with Crippen LogP contribution in [0.1, 0.15) is 40.5 Å². The van der Waals surface area contributed by atoms with E-state index in [1.807, 2.05) is 0 Å². The van der Waals surface area contributed by atoms with Crippen molar-refractivity contribution in [1.29, 1.82) is 0 Å². The highest BCUT2D eigenvalue weighted by atomic mass is 35.5. The Balaban J connectivity index is 0.00000180. The Kier molecular flexibility index (Phi) is 5.51. The van der Waals surface area contributed by atoms with Crippen LogP contribution in [0.15, 0.2) is 24.3 Å². The number of amides is 1. The zero-order valence-electron chi connectivity index (χ0n) is 10.9. The van der Waals surface area contributed by atoms with Crippen molar-refractivity contribution in [2.75, 3.05) is 6.54 Å². The minimum absolute atomic E-state index is 0. The summed E-state index contributed by atoms with van der Waals surface area (Å²) in [5, 5.41) is 2.92. The zero-order valence-corrected chi connectivity index (χ0v) is 11.7. The second kappa shape index (κ2) is 6.68. The summed E-state index contributed by atoms with van der Waals surface area (Å²) in [6.45, 7) is 1.91. The molecule has 0 aromatic heterocycles. The van der Waals surface area contributed by atoms with Gasteiger partial charge in [0.05, 0.1) is 5.56 Å². The highest BCUT2D eigenvalue weighted by molar-refractivity contribution is 6.07. The summed E-state index contributed by atoms with van der Waals surface area (Å²) in [4.78, 5) is 23.6. The van der Waals surface area contributed by atoms with E-state index in [2.05, 4.69) is 5.32 Å². The average Bonchev–Trinajstić information content (AvgIpc) is 3.19. The van der Waals surface area contributed by atoms with E-state index in [4.69, 9.17) is 5.73 Å². The second-order valence-electron chi connectivity index (χ2n) is 4.75. The maximum absolute atomic E-state index is 12.2. The van der Waals surface area contributed by atoms with Gasteiger partial charge >= 0.3 is 0 Å². The molecule has 1 aromatic carbocycles. The highest BCUT2D eigenvalue weighted by Gasteiger charge is 2.31. The van der Waals surface area contributed by atoms with E-state index in [0.717, 1.165) is 12.8 Å².